The molecule has 0 N–H and O–H groups in total. The van der Waals surface area contributed by atoms with Crippen LogP contribution in [0, 0.1) is 18.3 Å². The molecular weight excluding hydrogens is 517 g/mol. The van der Waals surface area contributed by atoms with E-state index in [-0.39, 0.29) is 28.2 Å². The third-order valence-corrected chi connectivity index (χ3v) is 17.3. The van der Waals surface area contributed by atoms with E-state index >= 15 is 0 Å². The van der Waals surface area contributed by atoms with Crippen molar-refractivity contribution in [2.45, 2.75) is 116 Å². The summed E-state index contributed by atoms with van der Waals surface area (Å²) in [5.74, 6) is 3.71. The molecule has 1 aromatic rings. The summed E-state index contributed by atoms with van der Waals surface area (Å²) in [4.78, 5) is 0. The van der Waals surface area contributed by atoms with E-state index in [9.17, 15) is 0 Å². The summed E-state index contributed by atoms with van der Waals surface area (Å²) in [6.45, 7) is 30.1. The minimum Gasteiger partial charge on any atom is -0.497 e. The Morgan fingerprint density at radius 2 is 1.56 bits per heavy atom. The number of methoxy groups -OCH3 is 1. The van der Waals surface area contributed by atoms with Gasteiger partial charge in [0.2, 0.25) is 0 Å². The standard InChI is InChI=1S/C33H56O4Si2/c1-15-27(3)31(37-39(13,14)33(7,8)9)18-16-17-30(35-25-28-19-21-29(34-10)22-20-28)23-26(2)24-36-38(11,12)32(4,5)6/h1,16,18-22,27,30-31H,2,17,23-25H2,3-14H3/b18-16+/t27-,30-,31+/m1/s1. The zero-order chi connectivity index (χ0) is 30.1. The normalized spacial score (nSPS) is 15.6. The molecule has 0 fully saturated rings. The predicted octanol–water partition coefficient (Wildman–Crippen LogP) is 9.15. The molecule has 0 spiro atoms. The van der Waals surface area contributed by atoms with E-state index in [0.29, 0.717) is 13.2 Å². The molecule has 1 aromatic carbocycles. The van der Waals surface area contributed by atoms with Crippen molar-refractivity contribution >= 4 is 16.6 Å². The second kappa shape index (κ2) is 14.8. The summed E-state index contributed by atoms with van der Waals surface area (Å²) in [5, 5.41) is 0.270. The summed E-state index contributed by atoms with van der Waals surface area (Å²) in [5.41, 5.74) is 2.16. The van der Waals surface area contributed by atoms with E-state index < -0.39 is 16.6 Å². The van der Waals surface area contributed by atoms with E-state index in [2.05, 4.69) is 99.3 Å². The highest BCUT2D eigenvalue weighted by atomic mass is 28.4. The van der Waals surface area contributed by atoms with Crippen LogP contribution in [0.3, 0.4) is 0 Å². The lowest BCUT2D eigenvalue weighted by Gasteiger charge is -2.39. The Balaban J connectivity index is 3.01. The average molecular weight is 573 g/mol. The number of benzene rings is 1. The highest BCUT2D eigenvalue weighted by Crippen LogP contribution is 2.38. The number of ether oxygens (including phenoxy) is 2. The van der Waals surface area contributed by atoms with Crippen LogP contribution in [0.5, 0.6) is 5.75 Å². The van der Waals surface area contributed by atoms with Crippen molar-refractivity contribution in [1.29, 1.82) is 0 Å². The summed E-state index contributed by atoms with van der Waals surface area (Å²) < 4.78 is 24.9. The van der Waals surface area contributed by atoms with Crippen LogP contribution in [0.4, 0.5) is 0 Å². The van der Waals surface area contributed by atoms with Crippen molar-refractivity contribution in [2.75, 3.05) is 13.7 Å². The van der Waals surface area contributed by atoms with E-state index in [1.54, 1.807) is 7.11 Å². The average Bonchev–Trinajstić information content (AvgIpc) is 2.83. The Hall–Kier alpha value is -1.63. The van der Waals surface area contributed by atoms with Gasteiger partial charge in [0.05, 0.1) is 32.5 Å². The van der Waals surface area contributed by atoms with Gasteiger partial charge in [-0.05, 0) is 73.7 Å². The molecule has 0 unspecified atom stereocenters. The van der Waals surface area contributed by atoms with Gasteiger partial charge in [0, 0.05) is 5.92 Å². The van der Waals surface area contributed by atoms with Crippen molar-refractivity contribution < 1.29 is 18.3 Å². The molecule has 0 amide bonds. The first kappa shape index (κ1) is 35.4. The van der Waals surface area contributed by atoms with Crippen LogP contribution >= 0.6 is 0 Å². The molecule has 0 radical (unpaired) electrons. The molecule has 3 atom stereocenters. The molecule has 39 heavy (non-hydrogen) atoms. The van der Waals surface area contributed by atoms with Gasteiger partial charge in [0.25, 0.3) is 0 Å². The fourth-order valence-electron chi connectivity index (χ4n) is 3.31. The van der Waals surface area contributed by atoms with Crippen LogP contribution in [0.2, 0.25) is 36.3 Å². The Morgan fingerprint density at radius 1 is 1.00 bits per heavy atom. The van der Waals surface area contributed by atoms with E-state index in [1.165, 1.54) is 0 Å². The quantitative estimate of drug-likeness (QED) is 0.119. The molecule has 0 aliphatic heterocycles. The fourth-order valence-corrected chi connectivity index (χ4v) is 5.62. The van der Waals surface area contributed by atoms with Gasteiger partial charge in [-0.3, -0.25) is 0 Å². The molecule has 0 aliphatic carbocycles. The van der Waals surface area contributed by atoms with Crippen molar-refractivity contribution in [3.8, 4) is 18.1 Å². The van der Waals surface area contributed by atoms with E-state index in [4.69, 9.17) is 24.7 Å². The van der Waals surface area contributed by atoms with Gasteiger partial charge in [-0.25, -0.2) is 0 Å². The van der Waals surface area contributed by atoms with Gasteiger partial charge in [-0.15, -0.1) is 12.3 Å². The number of hydrogen-bond donors (Lipinski definition) is 0. The number of rotatable bonds is 15. The molecule has 0 aliphatic rings. The van der Waals surface area contributed by atoms with Gasteiger partial charge in [-0.2, -0.15) is 0 Å². The predicted molar refractivity (Wildman–Crippen MR) is 172 cm³/mol. The first-order chi connectivity index (χ1) is 17.8. The lowest BCUT2D eigenvalue weighted by Crippen LogP contribution is -2.44. The molecule has 1 rings (SSSR count). The maximum Gasteiger partial charge on any atom is 0.192 e. The molecule has 220 valence electrons. The zero-order valence-electron chi connectivity index (χ0n) is 26.9. The lowest BCUT2D eigenvalue weighted by atomic mass is 10.0. The summed E-state index contributed by atoms with van der Waals surface area (Å²) in [6.07, 6.45) is 11.5. The topological polar surface area (TPSA) is 36.9 Å². The molecule has 0 bridgehead atoms. The summed E-state index contributed by atoms with van der Waals surface area (Å²) in [7, 11) is -2.16. The molecule has 0 saturated heterocycles. The highest BCUT2D eigenvalue weighted by Gasteiger charge is 2.39. The van der Waals surface area contributed by atoms with Crippen LogP contribution in [-0.2, 0) is 20.2 Å². The second-order valence-electron chi connectivity index (χ2n) is 13.7. The Bertz CT molecular complexity index is 959. The molecule has 4 nitrogen and oxygen atoms in total. The molecule has 0 saturated carbocycles. The van der Waals surface area contributed by atoms with Crippen molar-refractivity contribution in [3.05, 3.63) is 54.1 Å². The summed E-state index contributed by atoms with van der Waals surface area (Å²) in [6, 6.07) is 8.00. The van der Waals surface area contributed by atoms with Crippen molar-refractivity contribution in [3.63, 3.8) is 0 Å². The van der Waals surface area contributed by atoms with Gasteiger partial charge < -0.3 is 18.3 Å². The zero-order valence-corrected chi connectivity index (χ0v) is 28.9. The SMILES string of the molecule is C#C[C@@H](C)[C@H](/C=C/C[C@H](CC(=C)CO[Si](C)(C)C(C)(C)C)OCc1ccc(OC)cc1)O[Si](C)(C)C(C)(C)C. The third kappa shape index (κ3) is 11.8. The Labute approximate surface area is 242 Å². The van der Waals surface area contributed by atoms with E-state index in [0.717, 1.165) is 29.7 Å². The number of hydrogen-bond acceptors (Lipinski definition) is 4. The summed E-state index contributed by atoms with van der Waals surface area (Å²) >= 11 is 0. The Kier molecular flexibility index (Phi) is 13.5. The van der Waals surface area contributed by atoms with Gasteiger partial charge >= 0.3 is 0 Å². The van der Waals surface area contributed by atoms with Gasteiger partial charge in [0.1, 0.15) is 5.75 Å². The van der Waals surface area contributed by atoms with Gasteiger partial charge in [0.15, 0.2) is 16.6 Å². The Morgan fingerprint density at radius 3 is 2.05 bits per heavy atom. The highest BCUT2D eigenvalue weighted by molar-refractivity contribution is 6.74. The molecule has 6 heteroatoms. The first-order valence-corrected chi connectivity index (χ1v) is 20.0. The number of terminal acetylenes is 1. The fraction of sp³-hybridized carbons (Fsp3) is 0.636. The smallest absolute Gasteiger partial charge is 0.192 e. The maximum atomic E-state index is 6.70. The third-order valence-electron chi connectivity index (χ3n) is 8.32. The largest absolute Gasteiger partial charge is 0.497 e. The first-order valence-electron chi connectivity index (χ1n) is 14.2. The van der Waals surface area contributed by atoms with Gasteiger partial charge in [-0.1, -0.05) is 78.0 Å². The van der Waals surface area contributed by atoms with Crippen LogP contribution in [-0.4, -0.2) is 42.6 Å². The maximum absolute atomic E-state index is 6.70. The van der Waals surface area contributed by atoms with Crippen LogP contribution in [0.1, 0.15) is 66.9 Å². The molecule has 0 aromatic heterocycles. The van der Waals surface area contributed by atoms with Crippen LogP contribution < -0.4 is 4.74 Å². The second-order valence-corrected chi connectivity index (χ2v) is 23.3. The molecular formula is C33H56O4Si2. The monoisotopic (exact) mass is 572 g/mol. The lowest BCUT2D eigenvalue weighted by molar-refractivity contribution is 0.0413. The van der Waals surface area contributed by atoms with Crippen LogP contribution in [0.15, 0.2) is 48.6 Å². The van der Waals surface area contributed by atoms with E-state index in [1.807, 2.05) is 24.3 Å². The van der Waals surface area contributed by atoms with Crippen LogP contribution in [0.25, 0.3) is 0 Å². The minimum absolute atomic E-state index is 0.0120. The van der Waals surface area contributed by atoms with Crippen molar-refractivity contribution in [2.24, 2.45) is 5.92 Å². The van der Waals surface area contributed by atoms with Crippen molar-refractivity contribution in [1.82, 2.24) is 0 Å². The minimum atomic E-state index is -1.98. The molecule has 0 heterocycles.